The van der Waals surface area contributed by atoms with Crippen LogP contribution >= 0.6 is 0 Å². The van der Waals surface area contributed by atoms with Gasteiger partial charge in [0.05, 0.1) is 24.8 Å². The third-order valence-corrected chi connectivity index (χ3v) is 13.3. The van der Waals surface area contributed by atoms with Crippen molar-refractivity contribution < 1.29 is 41.3 Å². The maximum atomic E-state index is 13.5. The lowest BCUT2D eigenvalue weighted by Crippen LogP contribution is -2.68. The molecule has 0 amide bonds. The first-order chi connectivity index (χ1) is 21.7. The molecule has 0 unspecified atom stereocenters. The van der Waals surface area contributed by atoms with Crippen LogP contribution in [0.3, 0.4) is 0 Å². The van der Waals surface area contributed by atoms with E-state index in [0.717, 1.165) is 10.4 Å². The molecule has 0 bridgehead atoms. The Morgan fingerprint density at radius 2 is 1.39 bits per heavy atom. The molecule has 2 aliphatic rings. The van der Waals surface area contributed by atoms with Gasteiger partial charge in [0.25, 0.3) is 8.32 Å². The molecule has 11 heteroatoms. The first-order valence-corrected chi connectivity index (χ1v) is 17.2. The molecule has 5 atom stereocenters. The summed E-state index contributed by atoms with van der Waals surface area (Å²) < 4.78 is 77.9. The van der Waals surface area contributed by atoms with Crippen molar-refractivity contribution in [3.63, 3.8) is 0 Å². The average Bonchev–Trinajstić information content (AvgIpc) is 3.35. The fourth-order valence-electron chi connectivity index (χ4n) is 6.37. The zero-order valence-corrected chi connectivity index (χ0v) is 27.6. The lowest BCUT2D eigenvalue weighted by molar-refractivity contribution is -0.314. The van der Waals surface area contributed by atoms with Gasteiger partial charge in [-0.1, -0.05) is 99.6 Å². The number of nitrogens with zero attached hydrogens (tertiary/aromatic N) is 1. The summed E-state index contributed by atoms with van der Waals surface area (Å²) in [5.74, 6) is -1.08. The quantitative estimate of drug-likeness (QED) is 0.254. The molecule has 5 rings (SSSR count). The lowest BCUT2D eigenvalue weighted by Gasteiger charge is -2.46. The summed E-state index contributed by atoms with van der Waals surface area (Å²) in [4.78, 5) is 0. The van der Waals surface area contributed by atoms with E-state index in [1.54, 1.807) is 38.1 Å². The Hall–Kier alpha value is -3.08. The van der Waals surface area contributed by atoms with Crippen molar-refractivity contribution >= 4 is 18.7 Å². The fourth-order valence-corrected chi connectivity index (χ4v) is 10.9. The summed E-state index contributed by atoms with van der Waals surface area (Å²) in [6.45, 7) is 8.28. The maximum absolute atomic E-state index is 13.5. The summed E-state index contributed by atoms with van der Waals surface area (Å²) in [6, 6.07) is 29.0. The van der Waals surface area contributed by atoms with E-state index in [0.29, 0.717) is 11.1 Å². The SMILES string of the molecule is CC1(C)O[C@H]2[C@@H](O1)[C@@H](CO[Si](c1ccccc1)(c1ccccc1)C(C)(C)C)O[C@H](OCC(F)(F)F)[C@@H]2OCc1ccccc1C#N. The van der Waals surface area contributed by atoms with E-state index in [2.05, 4.69) is 51.1 Å². The highest BCUT2D eigenvalue weighted by molar-refractivity contribution is 6.99. The minimum Gasteiger partial charge on any atom is -0.405 e. The van der Waals surface area contributed by atoms with Crippen LogP contribution in [0.1, 0.15) is 45.7 Å². The van der Waals surface area contributed by atoms with Crippen molar-refractivity contribution in [1.29, 1.82) is 5.26 Å². The van der Waals surface area contributed by atoms with Crippen LogP contribution < -0.4 is 10.4 Å². The van der Waals surface area contributed by atoms with Crippen LogP contribution in [0, 0.1) is 11.3 Å². The topological polar surface area (TPSA) is 79.2 Å². The second-order valence-electron chi connectivity index (χ2n) is 13.1. The first kappa shape index (κ1) is 34.3. The number of nitriles is 1. The van der Waals surface area contributed by atoms with Gasteiger partial charge in [-0.05, 0) is 40.9 Å². The van der Waals surface area contributed by atoms with Gasteiger partial charge in [0, 0.05) is 0 Å². The normalized spacial score (nSPS) is 24.7. The number of alkyl halides is 3. The van der Waals surface area contributed by atoms with Crippen molar-refractivity contribution in [1.82, 2.24) is 0 Å². The van der Waals surface area contributed by atoms with Crippen molar-refractivity contribution in [2.75, 3.05) is 13.2 Å². The molecule has 2 fully saturated rings. The van der Waals surface area contributed by atoms with Gasteiger partial charge in [-0.25, -0.2) is 0 Å². The number of benzene rings is 3. The van der Waals surface area contributed by atoms with Crippen LogP contribution in [-0.2, 0) is 34.7 Å². The van der Waals surface area contributed by atoms with Gasteiger partial charge in [0.1, 0.15) is 31.0 Å². The molecule has 2 saturated heterocycles. The molecule has 0 aliphatic carbocycles. The smallest absolute Gasteiger partial charge is 0.405 e. The Kier molecular flexibility index (Phi) is 10.1. The van der Waals surface area contributed by atoms with Crippen LogP contribution in [0.15, 0.2) is 84.9 Å². The molecule has 3 aromatic carbocycles. The van der Waals surface area contributed by atoms with Gasteiger partial charge in [-0.3, -0.25) is 0 Å². The van der Waals surface area contributed by atoms with E-state index in [1.165, 1.54) is 0 Å². The monoisotopic (exact) mass is 655 g/mol. The van der Waals surface area contributed by atoms with Crippen LogP contribution in [0.25, 0.3) is 0 Å². The number of rotatable bonds is 10. The molecule has 3 aromatic rings. The third kappa shape index (κ3) is 7.39. The zero-order valence-electron chi connectivity index (χ0n) is 26.6. The van der Waals surface area contributed by atoms with Gasteiger partial charge in [-0.15, -0.1) is 0 Å². The number of fused-ring (bicyclic) bond motifs is 1. The van der Waals surface area contributed by atoms with Gasteiger partial charge < -0.3 is 28.1 Å². The number of ether oxygens (including phenoxy) is 5. The van der Waals surface area contributed by atoms with Gasteiger partial charge >= 0.3 is 6.18 Å². The Bertz CT molecular complexity index is 1450. The molecule has 2 heterocycles. The molecule has 0 radical (unpaired) electrons. The summed E-state index contributed by atoms with van der Waals surface area (Å²) in [6.07, 6.45) is -9.59. The van der Waals surface area contributed by atoms with E-state index in [1.807, 2.05) is 36.4 Å². The van der Waals surface area contributed by atoms with Crippen molar-refractivity contribution in [3.8, 4) is 6.07 Å². The van der Waals surface area contributed by atoms with Crippen LogP contribution in [-0.4, -0.2) is 64.2 Å². The van der Waals surface area contributed by atoms with Crippen molar-refractivity contribution in [2.45, 2.75) is 88.9 Å². The first-order valence-electron chi connectivity index (χ1n) is 15.3. The molecule has 246 valence electrons. The maximum Gasteiger partial charge on any atom is 0.411 e. The number of halogens is 3. The summed E-state index contributed by atoms with van der Waals surface area (Å²) in [7, 11) is -3.03. The highest BCUT2D eigenvalue weighted by atomic mass is 28.4. The highest BCUT2D eigenvalue weighted by Crippen LogP contribution is 2.42. The molecule has 7 nitrogen and oxygen atoms in total. The molecular formula is C35H40F3NO6Si. The molecule has 0 aromatic heterocycles. The predicted molar refractivity (Wildman–Crippen MR) is 168 cm³/mol. The highest BCUT2D eigenvalue weighted by Gasteiger charge is 2.58. The molecular weight excluding hydrogens is 615 g/mol. The molecule has 0 N–H and O–H groups in total. The predicted octanol–water partition coefficient (Wildman–Crippen LogP) is 5.84. The third-order valence-electron chi connectivity index (χ3n) is 8.29. The largest absolute Gasteiger partial charge is 0.411 e. The Morgan fingerprint density at radius 3 is 1.96 bits per heavy atom. The number of hydrogen-bond acceptors (Lipinski definition) is 7. The minimum atomic E-state index is -4.61. The van der Waals surface area contributed by atoms with Crippen LogP contribution in [0.4, 0.5) is 13.2 Å². The Labute approximate surface area is 269 Å². The van der Waals surface area contributed by atoms with E-state index >= 15 is 0 Å². The van der Waals surface area contributed by atoms with Gasteiger partial charge in [-0.2, -0.15) is 18.4 Å². The zero-order chi connectivity index (χ0) is 33.2. The van der Waals surface area contributed by atoms with Gasteiger partial charge in [0.15, 0.2) is 12.1 Å². The van der Waals surface area contributed by atoms with E-state index in [-0.39, 0.29) is 18.3 Å². The second kappa shape index (κ2) is 13.6. The van der Waals surface area contributed by atoms with Crippen LogP contribution in [0.5, 0.6) is 0 Å². The van der Waals surface area contributed by atoms with Crippen molar-refractivity contribution in [3.05, 3.63) is 96.1 Å². The molecule has 0 spiro atoms. The van der Waals surface area contributed by atoms with E-state index in [9.17, 15) is 18.4 Å². The Morgan fingerprint density at radius 1 is 0.826 bits per heavy atom. The molecule has 46 heavy (non-hydrogen) atoms. The van der Waals surface area contributed by atoms with Gasteiger partial charge in [0.2, 0.25) is 0 Å². The minimum absolute atomic E-state index is 0.00372. The lowest BCUT2D eigenvalue weighted by atomic mass is 9.99. The standard InChI is InChI=1S/C35H40F3NO6Si/c1-33(2,3)46(26-16-8-6-9-17-26,27-18-10-7-11-19-27)42-22-28-29-30(45-34(4,5)44-29)31(32(43-28)41-23-35(36,37)38)40-21-25-15-13-12-14-24(25)20-39/h6-19,28-32H,21-23H2,1-5H3/t28-,29+,30+,31-,32+/m1/s1. The average molecular weight is 656 g/mol. The summed E-state index contributed by atoms with van der Waals surface area (Å²) >= 11 is 0. The molecule has 2 aliphatic heterocycles. The van der Waals surface area contributed by atoms with Crippen molar-refractivity contribution in [2.24, 2.45) is 0 Å². The molecule has 0 saturated carbocycles. The Balaban J connectivity index is 1.49. The van der Waals surface area contributed by atoms with E-state index in [4.69, 9.17) is 28.1 Å². The number of hydrogen-bond donors (Lipinski definition) is 0. The van der Waals surface area contributed by atoms with Crippen LogP contribution in [0.2, 0.25) is 5.04 Å². The van der Waals surface area contributed by atoms with E-state index < -0.39 is 57.6 Å². The summed E-state index contributed by atoms with van der Waals surface area (Å²) in [5, 5.41) is 11.3. The fraction of sp³-hybridized carbons (Fsp3) is 0.457. The second-order valence-corrected chi connectivity index (χ2v) is 17.4. The summed E-state index contributed by atoms with van der Waals surface area (Å²) in [5.41, 5.74) is 0.968.